The van der Waals surface area contributed by atoms with Crippen LogP contribution in [0.1, 0.15) is 55.5 Å². The molecule has 0 aromatic carbocycles. The average molecular weight is 459 g/mol. The number of piperidine rings is 1. The molecule has 1 aliphatic heterocycles. The smallest absolute Gasteiger partial charge is 0.233 e. The van der Waals surface area contributed by atoms with Gasteiger partial charge in [0.25, 0.3) is 0 Å². The number of hydrogen-bond acceptors (Lipinski definition) is 8. The number of nitrogens with one attached hydrogen (secondary N) is 1. The van der Waals surface area contributed by atoms with Crippen LogP contribution in [0.2, 0.25) is 0 Å². The average Bonchev–Trinajstić information content (AvgIpc) is 2.79. The SMILES string of the molecule is COc1ccc(C2=CC(C)c3ncnc(N4CCC(CNS(C)(=O)=O)CC4)c3C2C)nn1. The van der Waals surface area contributed by atoms with Crippen LogP contribution in [-0.2, 0) is 10.0 Å². The van der Waals surface area contributed by atoms with Crippen LogP contribution in [0.4, 0.5) is 5.82 Å². The van der Waals surface area contributed by atoms with Crippen LogP contribution in [0, 0.1) is 5.92 Å². The van der Waals surface area contributed by atoms with Crippen LogP contribution < -0.4 is 14.4 Å². The molecule has 0 amide bonds. The van der Waals surface area contributed by atoms with E-state index in [1.807, 2.05) is 12.1 Å². The Morgan fingerprint density at radius 1 is 1.16 bits per heavy atom. The van der Waals surface area contributed by atoms with Gasteiger partial charge in [-0.25, -0.2) is 23.1 Å². The Balaban J connectivity index is 1.56. The van der Waals surface area contributed by atoms with Crippen LogP contribution in [0.25, 0.3) is 5.57 Å². The maximum atomic E-state index is 11.4. The maximum Gasteiger partial charge on any atom is 0.233 e. The Hall–Kier alpha value is -2.59. The highest BCUT2D eigenvalue weighted by atomic mass is 32.2. The second-order valence-electron chi connectivity index (χ2n) is 8.64. The molecule has 1 fully saturated rings. The second-order valence-corrected chi connectivity index (χ2v) is 10.5. The summed E-state index contributed by atoms with van der Waals surface area (Å²) < 4.78 is 30.6. The van der Waals surface area contributed by atoms with Crippen molar-refractivity contribution in [3.05, 3.63) is 41.5 Å². The van der Waals surface area contributed by atoms with Gasteiger partial charge in [-0.2, -0.15) is 0 Å². The molecule has 2 unspecified atom stereocenters. The van der Waals surface area contributed by atoms with Crippen molar-refractivity contribution in [1.29, 1.82) is 0 Å². The number of allylic oxidation sites excluding steroid dienone is 2. The first-order valence-corrected chi connectivity index (χ1v) is 12.8. The predicted octanol–water partition coefficient (Wildman–Crippen LogP) is 2.34. The molecule has 2 aliphatic rings. The molecule has 2 aromatic rings. The third-order valence-electron chi connectivity index (χ3n) is 6.35. The molecular formula is C22H30N6O3S. The van der Waals surface area contributed by atoms with Crippen molar-refractivity contribution in [2.75, 3.05) is 37.9 Å². The van der Waals surface area contributed by atoms with Gasteiger partial charge in [0.1, 0.15) is 12.1 Å². The van der Waals surface area contributed by atoms with E-state index in [9.17, 15) is 8.42 Å². The molecule has 0 spiro atoms. The van der Waals surface area contributed by atoms with Gasteiger partial charge in [-0.15, -0.1) is 10.2 Å². The van der Waals surface area contributed by atoms with E-state index in [2.05, 4.69) is 49.7 Å². The molecule has 4 rings (SSSR count). The molecule has 1 saturated heterocycles. The van der Waals surface area contributed by atoms with Gasteiger partial charge in [-0.3, -0.25) is 0 Å². The Morgan fingerprint density at radius 2 is 1.91 bits per heavy atom. The third-order valence-corrected chi connectivity index (χ3v) is 7.04. The number of hydrogen-bond donors (Lipinski definition) is 1. The van der Waals surface area contributed by atoms with Gasteiger partial charge in [-0.1, -0.05) is 19.9 Å². The van der Waals surface area contributed by atoms with Gasteiger partial charge in [-0.05, 0) is 30.4 Å². The molecular weight excluding hydrogens is 428 g/mol. The summed E-state index contributed by atoms with van der Waals surface area (Å²) in [7, 11) is -1.58. The second kappa shape index (κ2) is 9.11. The van der Waals surface area contributed by atoms with E-state index >= 15 is 0 Å². The highest BCUT2D eigenvalue weighted by Crippen LogP contribution is 2.44. The van der Waals surface area contributed by atoms with Crippen molar-refractivity contribution in [2.45, 2.75) is 38.5 Å². The minimum Gasteiger partial charge on any atom is -0.480 e. The Bertz CT molecular complexity index is 1100. The van der Waals surface area contributed by atoms with Crippen molar-refractivity contribution in [1.82, 2.24) is 24.9 Å². The number of fused-ring (bicyclic) bond motifs is 1. The van der Waals surface area contributed by atoms with Crippen LogP contribution in [-0.4, -0.2) is 61.6 Å². The zero-order chi connectivity index (χ0) is 22.9. The summed E-state index contributed by atoms with van der Waals surface area (Å²) in [5.74, 6) is 2.00. The van der Waals surface area contributed by atoms with E-state index in [0.29, 0.717) is 18.3 Å². The first-order valence-electron chi connectivity index (χ1n) is 10.9. The lowest BCUT2D eigenvalue weighted by Gasteiger charge is -2.36. The molecule has 0 bridgehead atoms. The van der Waals surface area contributed by atoms with Gasteiger partial charge in [0.2, 0.25) is 15.9 Å². The maximum absolute atomic E-state index is 11.4. The van der Waals surface area contributed by atoms with Crippen molar-refractivity contribution >= 4 is 21.4 Å². The Morgan fingerprint density at radius 3 is 2.53 bits per heavy atom. The summed E-state index contributed by atoms with van der Waals surface area (Å²) in [5.41, 5.74) is 4.14. The lowest BCUT2D eigenvalue weighted by atomic mass is 9.79. The minimum absolute atomic E-state index is 0.0738. The summed E-state index contributed by atoms with van der Waals surface area (Å²) in [5, 5.41) is 8.51. The van der Waals surface area contributed by atoms with Gasteiger partial charge in [0.05, 0.1) is 24.8 Å². The predicted molar refractivity (Wildman–Crippen MR) is 123 cm³/mol. The molecule has 0 radical (unpaired) electrons. The van der Waals surface area contributed by atoms with E-state index in [1.165, 1.54) is 6.26 Å². The lowest BCUT2D eigenvalue weighted by molar-refractivity contribution is 0.391. The largest absolute Gasteiger partial charge is 0.480 e. The van der Waals surface area contributed by atoms with Crippen molar-refractivity contribution < 1.29 is 13.2 Å². The Kier molecular flexibility index (Phi) is 6.43. The zero-order valence-electron chi connectivity index (χ0n) is 18.9. The normalized spacial score (nSPS) is 21.8. The van der Waals surface area contributed by atoms with Crippen molar-refractivity contribution in [2.24, 2.45) is 5.92 Å². The summed E-state index contributed by atoms with van der Waals surface area (Å²) in [4.78, 5) is 11.6. The molecule has 172 valence electrons. The minimum atomic E-state index is -3.16. The third kappa shape index (κ3) is 4.75. The summed E-state index contributed by atoms with van der Waals surface area (Å²) >= 11 is 0. The first-order chi connectivity index (χ1) is 15.3. The number of aromatic nitrogens is 4. The van der Waals surface area contributed by atoms with Crippen molar-refractivity contribution in [3.63, 3.8) is 0 Å². The molecule has 32 heavy (non-hydrogen) atoms. The highest BCUT2D eigenvalue weighted by molar-refractivity contribution is 7.88. The standard InChI is InChI=1S/C22H30N6O3S/c1-14-11-17(18-5-6-19(31-3)27-26-18)15(2)20-21(14)23-13-24-22(20)28-9-7-16(8-10-28)12-25-32(4,29)30/h5-6,11,13-16,25H,7-10,12H2,1-4H3. The van der Waals surface area contributed by atoms with Crippen LogP contribution >= 0.6 is 0 Å². The fourth-order valence-corrected chi connectivity index (χ4v) is 5.12. The van der Waals surface area contributed by atoms with Gasteiger partial charge in [0.15, 0.2) is 0 Å². The number of nitrogens with zero attached hydrogens (tertiary/aromatic N) is 5. The molecule has 9 nitrogen and oxygen atoms in total. The van der Waals surface area contributed by atoms with E-state index < -0.39 is 10.0 Å². The molecule has 0 saturated carbocycles. The van der Waals surface area contributed by atoms with E-state index in [1.54, 1.807) is 13.4 Å². The van der Waals surface area contributed by atoms with Crippen molar-refractivity contribution in [3.8, 4) is 5.88 Å². The molecule has 10 heteroatoms. The zero-order valence-corrected chi connectivity index (χ0v) is 19.8. The van der Waals surface area contributed by atoms with Crippen LogP contribution in [0.15, 0.2) is 24.5 Å². The molecule has 1 aliphatic carbocycles. The topological polar surface area (TPSA) is 110 Å². The van der Waals surface area contributed by atoms with E-state index in [0.717, 1.165) is 54.3 Å². The molecule has 3 heterocycles. The fourth-order valence-electron chi connectivity index (χ4n) is 4.59. The molecule has 1 N–H and O–H groups in total. The van der Waals surface area contributed by atoms with Gasteiger partial charge < -0.3 is 9.64 Å². The van der Waals surface area contributed by atoms with Gasteiger partial charge >= 0.3 is 0 Å². The Labute approximate surface area is 189 Å². The van der Waals surface area contributed by atoms with Gasteiger partial charge in [0, 0.05) is 43.1 Å². The number of sulfonamides is 1. The summed E-state index contributed by atoms with van der Waals surface area (Å²) in [6, 6.07) is 3.77. The molecule has 2 aromatic heterocycles. The monoisotopic (exact) mass is 458 g/mol. The first kappa shape index (κ1) is 22.6. The number of rotatable bonds is 6. The quantitative estimate of drug-likeness (QED) is 0.702. The summed E-state index contributed by atoms with van der Waals surface area (Å²) in [6.45, 7) is 6.47. The van der Waals surface area contributed by atoms with Crippen LogP contribution in [0.5, 0.6) is 5.88 Å². The molecule has 2 atom stereocenters. The number of methoxy groups -OCH3 is 1. The highest BCUT2D eigenvalue weighted by Gasteiger charge is 2.32. The van der Waals surface area contributed by atoms with Crippen LogP contribution in [0.3, 0.4) is 0 Å². The fraction of sp³-hybridized carbons (Fsp3) is 0.545. The summed E-state index contributed by atoms with van der Waals surface area (Å²) in [6.07, 6.45) is 6.90. The number of anilines is 1. The number of ether oxygens (including phenoxy) is 1. The van der Waals surface area contributed by atoms with E-state index in [-0.39, 0.29) is 11.8 Å². The lowest BCUT2D eigenvalue weighted by Crippen LogP contribution is -2.39. The van der Waals surface area contributed by atoms with E-state index in [4.69, 9.17) is 4.74 Å².